The number of para-hydroxylation sites is 1. The van der Waals surface area contributed by atoms with Gasteiger partial charge in [0.25, 0.3) is 0 Å². The topological polar surface area (TPSA) is 73.0 Å². The van der Waals surface area contributed by atoms with E-state index in [1.54, 1.807) is 18.3 Å². The molecule has 0 bridgehead atoms. The fourth-order valence-electron chi connectivity index (χ4n) is 1.93. The molecule has 7 heteroatoms. The van der Waals surface area contributed by atoms with Crippen molar-refractivity contribution in [1.82, 2.24) is 4.98 Å². The molecule has 2 aromatic rings. The van der Waals surface area contributed by atoms with E-state index in [-0.39, 0.29) is 6.10 Å². The second-order valence-electron chi connectivity index (χ2n) is 4.84. The second kappa shape index (κ2) is 6.33. The molecule has 0 spiro atoms. The van der Waals surface area contributed by atoms with Crippen LogP contribution in [0.2, 0.25) is 0 Å². The third kappa shape index (κ3) is 3.37. The molecule has 0 amide bonds. The molecule has 6 nitrogen and oxygen atoms in total. The van der Waals surface area contributed by atoms with Crippen molar-refractivity contribution in [1.29, 1.82) is 0 Å². The third-order valence-corrected chi connectivity index (χ3v) is 3.93. The first kappa shape index (κ1) is 14.8. The second-order valence-corrected chi connectivity index (χ2v) is 6.08. The van der Waals surface area contributed by atoms with Crippen molar-refractivity contribution < 1.29 is 19.0 Å². The van der Waals surface area contributed by atoms with E-state index in [0.717, 1.165) is 10.0 Å². The minimum atomic E-state index is -0.439. The number of aryl methyl sites for hydroxylation is 1. The van der Waals surface area contributed by atoms with Gasteiger partial charge < -0.3 is 19.5 Å². The molecule has 1 fully saturated rings. The third-order valence-electron chi connectivity index (χ3n) is 3.10. The summed E-state index contributed by atoms with van der Waals surface area (Å²) >= 11 is 1.53. The van der Waals surface area contributed by atoms with Crippen LogP contribution in [-0.4, -0.2) is 37.4 Å². The number of nitrogens with one attached hydrogen (secondary N) is 1. The van der Waals surface area contributed by atoms with Crippen LogP contribution >= 0.6 is 11.3 Å². The zero-order valence-electron chi connectivity index (χ0n) is 12.3. The predicted molar refractivity (Wildman–Crippen MR) is 83.2 cm³/mol. The normalized spacial score (nSPS) is 16.2. The highest BCUT2D eigenvalue weighted by Crippen LogP contribution is 2.33. The van der Waals surface area contributed by atoms with Crippen LogP contribution < -0.4 is 10.1 Å². The Morgan fingerprint density at radius 3 is 3.00 bits per heavy atom. The van der Waals surface area contributed by atoms with Crippen molar-refractivity contribution in [2.45, 2.75) is 13.0 Å². The molecule has 0 aliphatic carbocycles. The summed E-state index contributed by atoms with van der Waals surface area (Å²) in [5.74, 6) is 0.0170. The number of aromatic nitrogens is 1. The average molecular weight is 320 g/mol. The number of hydrogen-bond acceptors (Lipinski definition) is 7. The van der Waals surface area contributed by atoms with Crippen LogP contribution in [0.5, 0.6) is 5.75 Å². The summed E-state index contributed by atoms with van der Waals surface area (Å²) in [6.45, 7) is 3.07. The molecule has 1 aromatic carbocycles. The lowest BCUT2D eigenvalue weighted by molar-refractivity contribution is 0.0595. The van der Waals surface area contributed by atoms with E-state index < -0.39 is 5.97 Å². The van der Waals surface area contributed by atoms with Crippen LogP contribution in [-0.2, 0) is 9.47 Å². The lowest BCUT2D eigenvalue weighted by atomic mass is 10.1. The van der Waals surface area contributed by atoms with Gasteiger partial charge in [-0.2, -0.15) is 0 Å². The van der Waals surface area contributed by atoms with Crippen molar-refractivity contribution in [3.63, 3.8) is 0 Å². The van der Waals surface area contributed by atoms with Gasteiger partial charge in [-0.25, -0.2) is 9.78 Å². The Morgan fingerprint density at radius 1 is 1.55 bits per heavy atom. The van der Waals surface area contributed by atoms with Gasteiger partial charge in [0.15, 0.2) is 10.9 Å². The van der Waals surface area contributed by atoms with Crippen LogP contribution in [0.15, 0.2) is 24.4 Å². The summed E-state index contributed by atoms with van der Waals surface area (Å²) in [4.78, 5) is 17.3. The fourth-order valence-corrected chi connectivity index (χ4v) is 2.61. The van der Waals surface area contributed by atoms with E-state index in [1.165, 1.54) is 18.4 Å². The zero-order chi connectivity index (χ0) is 15.5. The van der Waals surface area contributed by atoms with Crippen LogP contribution in [0.1, 0.15) is 15.2 Å². The Hall–Kier alpha value is -2.12. The highest BCUT2D eigenvalue weighted by atomic mass is 32.1. The Labute approximate surface area is 132 Å². The zero-order valence-corrected chi connectivity index (χ0v) is 13.1. The van der Waals surface area contributed by atoms with Crippen molar-refractivity contribution in [3.05, 3.63) is 34.8 Å². The number of anilines is 2. The summed E-state index contributed by atoms with van der Waals surface area (Å²) in [5.41, 5.74) is 1.05. The van der Waals surface area contributed by atoms with Crippen molar-refractivity contribution in [3.8, 4) is 5.75 Å². The Bertz CT molecular complexity index is 682. The molecule has 1 saturated heterocycles. The summed E-state index contributed by atoms with van der Waals surface area (Å²) in [7, 11) is 1.35. The minimum Gasteiger partial charge on any atom is -0.488 e. The monoisotopic (exact) mass is 320 g/mol. The number of epoxide rings is 1. The molecule has 0 saturated carbocycles. The van der Waals surface area contributed by atoms with Gasteiger partial charge in [-0.1, -0.05) is 6.07 Å². The predicted octanol–water partition coefficient (Wildman–Crippen LogP) is 2.76. The molecule has 1 aromatic heterocycles. The number of hydrogen-bond donors (Lipinski definition) is 1. The van der Waals surface area contributed by atoms with Gasteiger partial charge in [0.1, 0.15) is 18.3 Å². The summed E-state index contributed by atoms with van der Waals surface area (Å²) < 4.78 is 15.7. The summed E-state index contributed by atoms with van der Waals surface area (Å²) in [5, 5.41) is 3.93. The maximum atomic E-state index is 11.9. The Morgan fingerprint density at radius 2 is 2.36 bits per heavy atom. The Balaban J connectivity index is 1.90. The summed E-state index contributed by atoms with van der Waals surface area (Å²) in [6.07, 6.45) is 1.89. The van der Waals surface area contributed by atoms with Gasteiger partial charge in [0.05, 0.1) is 19.4 Å². The molecule has 1 aliphatic rings. The molecule has 1 N–H and O–H groups in total. The lowest BCUT2D eigenvalue weighted by Crippen LogP contribution is -2.11. The van der Waals surface area contributed by atoms with Gasteiger partial charge in [0, 0.05) is 11.1 Å². The van der Waals surface area contributed by atoms with E-state index in [1.807, 2.05) is 13.0 Å². The molecule has 22 heavy (non-hydrogen) atoms. The molecule has 3 rings (SSSR count). The maximum Gasteiger partial charge on any atom is 0.341 e. The largest absolute Gasteiger partial charge is 0.488 e. The van der Waals surface area contributed by atoms with Crippen molar-refractivity contribution in [2.75, 3.05) is 25.6 Å². The number of carbonyl (C=O) groups excluding carboxylic acids is 1. The number of carbonyl (C=O) groups is 1. The number of thiazole rings is 1. The highest BCUT2D eigenvalue weighted by molar-refractivity contribution is 7.15. The van der Waals surface area contributed by atoms with Crippen molar-refractivity contribution >= 4 is 28.1 Å². The van der Waals surface area contributed by atoms with Gasteiger partial charge in [-0.3, -0.25) is 0 Å². The average Bonchev–Trinajstić information content (AvgIpc) is 3.26. The first-order valence-corrected chi connectivity index (χ1v) is 7.64. The number of nitrogens with zero attached hydrogens (tertiary/aromatic N) is 1. The number of ether oxygens (including phenoxy) is 3. The fraction of sp³-hybridized carbons (Fsp3) is 0.333. The lowest BCUT2D eigenvalue weighted by Gasteiger charge is -2.14. The maximum absolute atomic E-state index is 11.9. The highest BCUT2D eigenvalue weighted by Gasteiger charge is 2.25. The molecule has 0 radical (unpaired) electrons. The van der Waals surface area contributed by atoms with Crippen LogP contribution in [0, 0.1) is 6.92 Å². The standard InChI is InChI=1S/C15H16N2O4S/c1-9-6-16-15(22-9)17-12-5-3-4-11(14(18)19-2)13(12)21-8-10-7-20-10/h3-6,10H,7-8H2,1-2H3,(H,16,17). The first-order chi connectivity index (χ1) is 10.7. The van der Waals surface area contributed by atoms with E-state index in [9.17, 15) is 4.79 Å². The summed E-state index contributed by atoms with van der Waals surface area (Å²) in [6, 6.07) is 5.29. The van der Waals surface area contributed by atoms with Gasteiger partial charge in [-0.15, -0.1) is 11.3 Å². The van der Waals surface area contributed by atoms with Gasteiger partial charge in [0.2, 0.25) is 0 Å². The van der Waals surface area contributed by atoms with Gasteiger partial charge >= 0.3 is 5.97 Å². The molecule has 116 valence electrons. The van der Waals surface area contributed by atoms with E-state index in [4.69, 9.17) is 14.2 Å². The van der Waals surface area contributed by atoms with Crippen LogP contribution in [0.4, 0.5) is 10.8 Å². The van der Waals surface area contributed by atoms with Crippen molar-refractivity contribution in [2.24, 2.45) is 0 Å². The SMILES string of the molecule is COC(=O)c1cccc(Nc2ncc(C)s2)c1OCC1CO1. The Kier molecular flexibility index (Phi) is 4.26. The smallest absolute Gasteiger partial charge is 0.341 e. The van der Waals surface area contributed by atoms with Gasteiger partial charge in [-0.05, 0) is 19.1 Å². The quantitative estimate of drug-likeness (QED) is 0.652. The number of benzene rings is 1. The molecule has 1 atom stereocenters. The number of rotatable bonds is 6. The van der Waals surface area contributed by atoms with Crippen LogP contribution in [0.3, 0.4) is 0 Å². The molecule has 1 aliphatic heterocycles. The number of methoxy groups -OCH3 is 1. The molecular formula is C15H16N2O4S. The van der Waals surface area contributed by atoms with Crippen LogP contribution in [0.25, 0.3) is 0 Å². The van der Waals surface area contributed by atoms with E-state index in [0.29, 0.717) is 30.2 Å². The minimum absolute atomic E-state index is 0.0978. The molecular weight excluding hydrogens is 304 g/mol. The first-order valence-electron chi connectivity index (χ1n) is 6.82. The van der Waals surface area contributed by atoms with E-state index >= 15 is 0 Å². The molecule has 2 heterocycles. The number of esters is 1. The molecule has 1 unspecified atom stereocenters. The van der Waals surface area contributed by atoms with E-state index in [2.05, 4.69) is 10.3 Å².